The van der Waals surface area contributed by atoms with Gasteiger partial charge in [-0.1, -0.05) is 19.9 Å². The van der Waals surface area contributed by atoms with Gasteiger partial charge in [-0.3, -0.25) is 4.90 Å². The van der Waals surface area contributed by atoms with Crippen LogP contribution in [0.2, 0.25) is 0 Å². The number of hydrogen-bond donors (Lipinski definition) is 1. The van der Waals surface area contributed by atoms with Crippen molar-refractivity contribution < 1.29 is 4.74 Å². The van der Waals surface area contributed by atoms with E-state index in [-0.39, 0.29) is 0 Å². The highest BCUT2D eigenvalue weighted by Crippen LogP contribution is 2.17. The Morgan fingerprint density at radius 1 is 1.14 bits per heavy atom. The van der Waals surface area contributed by atoms with Crippen LogP contribution in [0.5, 0.6) is 5.75 Å². The average molecular weight is 290 g/mol. The van der Waals surface area contributed by atoms with Crippen LogP contribution in [0.15, 0.2) is 18.2 Å². The summed E-state index contributed by atoms with van der Waals surface area (Å²) >= 11 is 0. The van der Waals surface area contributed by atoms with Crippen LogP contribution in [0.25, 0.3) is 0 Å². The van der Waals surface area contributed by atoms with E-state index in [1.807, 2.05) is 0 Å². The highest BCUT2D eigenvalue weighted by atomic mass is 16.5. The fourth-order valence-corrected chi connectivity index (χ4v) is 3.18. The number of hydrogen-bond acceptors (Lipinski definition) is 3. The smallest absolute Gasteiger partial charge is 0.119 e. The number of aryl methyl sites for hydroxylation is 2. The monoisotopic (exact) mass is 290 g/mol. The summed E-state index contributed by atoms with van der Waals surface area (Å²) < 4.78 is 5.97. The highest BCUT2D eigenvalue weighted by Gasteiger charge is 2.25. The molecule has 1 aromatic carbocycles. The second-order valence-corrected chi connectivity index (χ2v) is 6.24. The molecule has 1 fully saturated rings. The normalized spacial score (nSPS) is 23.2. The van der Waals surface area contributed by atoms with Crippen molar-refractivity contribution in [3.05, 3.63) is 29.3 Å². The van der Waals surface area contributed by atoms with Crippen molar-refractivity contribution in [1.82, 2.24) is 10.2 Å². The van der Waals surface area contributed by atoms with Crippen LogP contribution in [0, 0.1) is 13.8 Å². The third-order valence-corrected chi connectivity index (χ3v) is 4.42. The second-order valence-electron chi connectivity index (χ2n) is 6.24. The molecule has 0 aromatic heterocycles. The van der Waals surface area contributed by atoms with Crippen molar-refractivity contribution in [2.24, 2.45) is 0 Å². The van der Waals surface area contributed by atoms with Crippen molar-refractivity contribution in [1.29, 1.82) is 0 Å². The fraction of sp³-hybridized carbons (Fsp3) is 0.667. The van der Waals surface area contributed by atoms with Gasteiger partial charge in [-0.2, -0.15) is 0 Å². The first-order chi connectivity index (χ1) is 10.1. The third kappa shape index (κ3) is 4.72. The Bertz CT molecular complexity index is 427. The van der Waals surface area contributed by atoms with Crippen LogP contribution in [0.4, 0.5) is 0 Å². The van der Waals surface area contributed by atoms with E-state index in [9.17, 15) is 0 Å². The van der Waals surface area contributed by atoms with E-state index in [0.29, 0.717) is 12.1 Å². The SMILES string of the molecule is CCC1CN(CCOc2cc(C)cc(C)c2)C(CC)CN1. The Kier molecular flexibility index (Phi) is 6.07. The summed E-state index contributed by atoms with van der Waals surface area (Å²) in [6.07, 6.45) is 2.40. The van der Waals surface area contributed by atoms with Crippen LogP contribution in [0.1, 0.15) is 37.8 Å². The molecule has 2 atom stereocenters. The maximum absolute atomic E-state index is 5.97. The molecule has 1 aliphatic heterocycles. The number of nitrogens with zero attached hydrogens (tertiary/aromatic N) is 1. The molecule has 0 bridgehead atoms. The maximum atomic E-state index is 5.97. The quantitative estimate of drug-likeness (QED) is 0.871. The minimum absolute atomic E-state index is 0.633. The van der Waals surface area contributed by atoms with E-state index in [2.05, 4.69) is 56.1 Å². The van der Waals surface area contributed by atoms with Crippen LogP contribution in [-0.4, -0.2) is 43.2 Å². The summed E-state index contributed by atoms with van der Waals surface area (Å²) in [5.74, 6) is 1.00. The first-order valence-electron chi connectivity index (χ1n) is 8.30. The first kappa shape index (κ1) is 16.3. The zero-order valence-corrected chi connectivity index (χ0v) is 14.0. The molecule has 1 saturated heterocycles. The summed E-state index contributed by atoms with van der Waals surface area (Å²) in [6, 6.07) is 7.71. The van der Waals surface area contributed by atoms with Crippen molar-refractivity contribution in [3.63, 3.8) is 0 Å². The van der Waals surface area contributed by atoms with Gasteiger partial charge in [0.2, 0.25) is 0 Å². The fourth-order valence-electron chi connectivity index (χ4n) is 3.18. The number of rotatable bonds is 6. The van der Waals surface area contributed by atoms with Gasteiger partial charge < -0.3 is 10.1 Å². The van der Waals surface area contributed by atoms with E-state index >= 15 is 0 Å². The van der Waals surface area contributed by atoms with Gasteiger partial charge in [-0.15, -0.1) is 0 Å². The Hall–Kier alpha value is -1.06. The molecule has 0 aliphatic carbocycles. The van der Waals surface area contributed by atoms with Crippen molar-refractivity contribution >= 4 is 0 Å². The molecular weight excluding hydrogens is 260 g/mol. The molecule has 1 aliphatic rings. The number of nitrogens with one attached hydrogen (secondary N) is 1. The summed E-state index contributed by atoms with van der Waals surface area (Å²) in [7, 11) is 0. The van der Waals surface area contributed by atoms with E-state index in [1.165, 1.54) is 24.0 Å². The lowest BCUT2D eigenvalue weighted by molar-refractivity contribution is 0.105. The molecule has 0 saturated carbocycles. The van der Waals surface area contributed by atoms with Crippen LogP contribution in [0.3, 0.4) is 0 Å². The van der Waals surface area contributed by atoms with Crippen molar-refractivity contribution in [2.45, 2.75) is 52.6 Å². The minimum atomic E-state index is 0.633. The van der Waals surface area contributed by atoms with E-state index in [0.717, 1.165) is 32.0 Å². The molecule has 2 unspecified atom stereocenters. The van der Waals surface area contributed by atoms with Gasteiger partial charge in [0.05, 0.1) is 0 Å². The molecule has 3 heteroatoms. The molecule has 0 spiro atoms. The molecule has 21 heavy (non-hydrogen) atoms. The lowest BCUT2D eigenvalue weighted by Gasteiger charge is -2.39. The molecule has 1 aromatic rings. The Balaban J connectivity index is 1.85. The molecule has 1 heterocycles. The third-order valence-electron chi connectivity index (χ3n) is 4.42. The van der Waals surface area contributed by atoms with Crippen LogP contribution < -0.4 is 10.1 Å². The first-order valence-corrected chi connectivity index (χ1v) is 8.30. The number of ether oxygens (including phenoxy) is 1. The lowest BCUT2D eigenvalue weighted by Crippen LogP contribution is -2.56. The summed E-state index contributed by atoms with van der Waals surface area (Å²) in [5, 5.41) is 3.64. The zero-order chi connectivity index (χ0) is 15.2. The molecule has 118 valence electrons. The molecule has 3 nitrogen and oxygen atoms in total. The van der Waals surface area contributed by atoms with E-state index < -0.39 is 0 Å². The topological polar surface area (TPSA) is 24.5 Å². The standard InChI is InChI=1S/C18H30N2O/c1-5-16-13-20(17(6-2)12-19-16)7-8-21-18-10-14(3)9-15(4)11-18/h9-11,16-17,19H,5-8,12-13H2,1-4H3. The van der Waals surface area contributed by atoms with Gasteiger partial charge in [-0.25, -0.2) is 0 Å². The van der Waals surface area contributed by atoms with Crippen LogP contribution in [-0.2, 0) is 0 Å². The predicted octanol–water partition coefficient (Wildman–Crippen LogP) is 3.14. The molecule has 2 rings (SSSR count). The van der Waals surface area contributed by atoms with Gasteiger partial charge >= 0.3 is 0 Å². The summed E-state index contributed by atoms with van der Waals surface area (Å²) in [5.41, 5.74) is 2.54. The zero-order valence-electron chi connectivity index (χ0n) is 14.0. The molecular formula is C18H30N2O. The summed E-state index contributed by atoms with van der Waals surface area (Å²) in [6.45, 7) is 12.8. The van der Waals surface area contributed by atoms with Gasteiger partial charge in [-0.05, 0) is 49.9 Å². The Morgan fingerprint density at radius 3 is 2.48 bits per heavy atom. The van der Waals surface area contributed by atoms with E-state index in [1.54, 1.807) is 0 Å². The maximum Gasteiger partial charge on any atom is 0.119 e. The summed E-state index contributed by atoms with van der Waals surface area (Å²) in [4.78, 5) is 2.59. The minimum Gasteiger partial charge on any atom is -0.492 e. The van der Waals surface area contributed by atoms with Gasteiger partial charge in [0.25, 0.3) is 0 Å². The number of benzene rings is 1. The lowest BCUT2D eigenvalue weighted by atomic mass is 10.1. The Morgan fingerprint density at radius 2 is 1.86 bits per heavy atom. The van der Waals surface area contributed by atoms with E-state index in [4.69, 9.17) is 4.74 Å². The average Bonchev–Trinajstić information content (AvgIpc) is 2.46. The van der Waals surface area contributed by atoms with Crippen LogP contribution >= 0.6 is 0 Å². The van der Waals surface area contributed by atoms with Crippen molar-refractivity contribution in [2.75, 3.05) is 26.2 Å². The van der Waals surface area contributed by atoms with Crippen molar-refractivity contribution in [3.8, 4) is 5.75 Å². The van der Waals surface area contributed by atoms with Gasteiger partial charge in [0.1, 0.15) is 12.4 Å². The molecule has 1 N–H and O–H groups in total. The molecule has 0 amide bonds. The highest BCUT2D eigenvalue weighted by molar-refractivity contribution is 5.32. The molecule has 0 radical (unpaired) electrons. The van der Waals surface area contributed by atoms with Gasteiger partial charge in [0.15, 0.2) is 0 Å². The second kappa shape index (κ2) is 7.81. The Labute approximate surface area is 129 Å². The van der Waals surface area contributed by atoms with Gasteiger partial charge in [0, 0.05) is 31.7 Å². The predicted molar refractivity (Wildman–Crippen MR) is 89.1 cm³/mol. The largest absolute Gasteiger partial charge is 0.492 e. The number of piperazine rings is 1.